The van der Waals surface area contributed by atoms with Crippen LogP contribution >= 0.6 is 0 Å². The van der Waals surface area contributed by atoms with E-state index in [1.54, 1.807) is 13.0 Å². The number of allylic oxidation sites excluding steroid dienone is 1. The van der Waals surface area contributed by atoms with Crippen LogP contribution in [0.2, 0.25) is 0 Å². The van der Waals surface area contributed by atoms with Crippen molar-refractivity contribution in [2.75, 3.05) is 13.2 Å². The number of ether oxygens (including phenoxy) is 1. The van der Waals surface area contributed by atoms with Gasteiger partial charge in [0.1, 0.15) is 5.41 Å². The normalized spacial score (nSPS) is 28.7. The Morgan fingerprint density at radius 1 is 1.69 bits per heavy atom. The Morgan fingerprint density at radius 3 is 2.94 bits per heavy atom. The molecule has 16 heavy (non-hydrogen) atoms. The summed E-state index contributed by atoms with van der Waals surface area (Å²) >= 11 is 0. The smallest absolute Gasteiger partial charge is 0.313 e. The molecule has 1 fully saturated rings. The lowest BCUT2D eigenvalue weighted by Gasteiger charge is -2.25. The van der Waals surface area contributed by atoms with Gasteiger partial charge in [0.05, 0.1) is 19.3 Å². The van der Waals surface area contributed by atoms with Crippen LogP contribution in [0.25, 0.3) is 0 Å². The quantitative estimate of drug-likeness (QED) is 0.673. The van der Waals surface area contributed by atoms with Crippen molar-refractivity contribution in [3.63, 3.8) is 0 Å². The van der Waals surface area contributed by atoms with Crippen LogP contribution in [0.1, 0.15) is 19.8 Å². The first-order valence-electron chi connectivity index (χ1n) is 5.22. The van der Waals surface area contributed by atoms with Crippen molar-refractivity contribution in [1.29, 1.82) is 0 Å². The van der Waals surface area contributed by atoms with Gasteiger partial charge in [-0.3, -0.25) is 9.59 Å². The summed E-state index contributed by atoms with van der Waals surface area (Å²) in [6.07, 6.45) is 2.57. The number of rotatable bonds is 5. The van der Waals surface area contributed by atoms with Gasteiger partial charge in [0, 0.05) is 6.42 Å². The first kappa shape index (κ1) is 12.7. The van der Waals surface area contributed by atoms with E-state index in [2.05, 4.69) is 11.9 Å². The van der Waals surface area contributed by atoms with Crippen LogP contribution in [0.3, 0.4) is 0 Å². The number of carbonyl (C=O) groups excluding carboxylic acids is 1. The molecule has 0 aliphatic carbocycles. The number of carboxylic acid groups (broad SMARTS) is 1. The van der Waals surface area contributed by atoms with E-state index in [1.807, 2.05) is 0 Å². The molecule has 90 valence electrons. The molecule has 0 saturated carbocycles. The highest BCUT2D eigenvalue weighted by Crippen LogP contribution is 2.28. The molecule has 1 saturated heterocycles. The second-order valence-electron chi connectivity index (χ2n) is 4.19. The minimum absolute atomic E-state index is 0.134. The first-order chi connectivity index (χ1) is 7.50. The molecule has 0 aromatic carbocycles. The van der Waals surface area contributed by atoms with E-state index in [0.29, 0.717) is 12.8 Å². The average molecular weight is 227 g/mol. The Bertz CT molecular complexity index is 302. The van der Waals surface area contributed by atoms with E-state index >= 15 is 0 Å². The summed E-state index contributed by atoms with van der Waals surface area (Å²) in [4.78, 5) is 22.5. The fraction of sp³-hybridized carbons (Fsp3) is 0.636. The largest absolute Gasteiger partial charge is 0.481 e. The molecule has 0 aromatic heterocycles. The van der Waals surface area contributed by atoms with Crippen molar-refractivity contribution in [3.8, 4) is 0 Å². The van der Waals surface area contributed by atoms with Gasteiger partial charge in [-0.15, -0.1) is 6.58 Å². The second-order valence-corrected chi connectivity index (χ2v) is 4.19. The van der Waals surface area contributed by atoms with E-state index < -0.39 is 17.4 Å². The topological polar surface area (TPSA) is 75.6 Å². The molecule has 1 aliphatic rings. The summed E-state index contributed by atoms with van der Waals surface area (Å²) < 4.78 is 5.12. The number of carboxylic acids is 1. The zero-order valence-corrected chi connectivity index (χ0v) is 9.36. The van der Waals surface area contributed by atoms with Gasteiger partial charge in [0.25, 0.3) is 0 Å². The molecule has 2 N–H and O–H groups in total. The van der Waals surface area contributed by atoms with Gasteiger partial charge in [-0.1, -0.05) is 6.08 Å². The standard InChI is InChI=1S/C11H17NO4/c1-3-4-5-9(13)12-8-6-16-7-11(8,2)10(14)15/h3,8H,1,4-7H2,2H3,(H,12,13)(H,14,15). The zero-order chi connectivity index (χ0) is 12.2. The number of carbonyl (C=O) groups is 2. The first-order valence-corrected chi connectivity index (χ1v) is 5.22. The summed E-state index contributed by atoms with van der Waals surface area (Å²) in [7, 11) is 0. The molecule has 0 radical (unpaired) electrons. The molecule has 1 heterocycles. The Morgan fingerprint density at radius 2 is 2.38 bits per heavy atom. The lowest BCUT2D eigenvalue weighted by molar-refractivity contribution is -0.149. The predicted octanol–water partition coefficient (Wildman–Crippen LogP) is 0.558. The molecule has 1 amide bonds. The maximum Gasteiger partial charge on any atom is 0.313 e. The Balaban J connectivity index is 2.56. The molecule has 0 bridgehead atoms. The van der Waals surface area contributed by atoms with Crippen molar-refractivity contribution in [1.82, 2.24) is 5.32 Å². The second kappa shape index (κ2) is 5.12. The molecular formula is C11H17NO4. The molecule has 1 aliphatic heterocycles. The van der Waals surface area contributed by atoms with Crippen LogP contribution in [0.5, 0.6) is 0 Å². The van der Waals surface area contributed by atoms with Gasteiger partial charge in [-0.2, -0.15) is 0 Å². The van der Waals surface area contributed by atoms with Crippen LogP contribution in [0.4, 0.5) is 0 Å². The maximum atomic E-state index is 11.5. The third kappa shape index (κ3) is 2.61. The van der Waals surface area contributed by atoms with E-state index in [1.165, 1.54) is 0 Å². The van der Waals surface area contributed by atoms with Gasteiger partial charge >= 0.3 is 5.97 Å². The van der Waals surface area contributed by atoms with Crippen LogP contribution in [0.15, 0.2) is 12.7 Å². The fourth-order valence-corrected chi connectivity index (χ4v) is 1.58. The summed E-state index contributed by atoms with van der Waals surface area (Å²) in [5, 5.41) is 11.8. The summed E-state index contributed by atoms with van der Waals surface area (Å²) in [6.45, 7) is 5.49. The number of amides is 1. The Hall–Kier alpha value is -1.36. The van der Waals surface area contributed by atoms with Crippen molar-refractivity contribution in [3.05, 3.63) is 12.7 Å². The monoisotopic (exact) mass is 227 g/mol. The third-order valence-corrected chi connectivity index (χ3v) is 2.85. The average Bonchev–Trinajstić information content (AvgIpc) is 2.59. The molecule has 0 aromatic rings. The molecule has 2 unspecified atom stereocenters. The highest BCUT2D eigenvalue weighted by molar-refractivity contribution is 5.80. The van der Waals surface area contributed by atoms with Crippen molar-refractivity contribution >= 4 is 11.9 Å². The van der Waals surface area contributed by atoms with E-state index in [4.69, 9.17) is 9.84 Å². The molecule has 1 rings (SSSR count). The minimum Gasteiger partial charge on any atom is -0.481 e. The number of hydrogen-bond donors (Lipinski definition) is 2. The maximum absolute atomic E-state index is 11.5. The van der Waals surface area contributed by atoms with Crippen molar-refractivity contribution < 1.29 is 19.4 Å². The zero-order valence-electron chi connectivity index (χ0n) is 9.36. The van der Waals surface area contributed by atoms with E-state index in [9.17, 15) is 9.59 Å². The summed E-state index contributed by atoms with van der Waals surface area (Å²) in [5.41, 5.74) is -1.02. The number of aliphatic carboxylic acids is 1. The molecule has 0 spiro atoms. The van der Waals surface area contributed by atoms with Crippen LogP contribution < -0.4 is 5.32 Å². The number of hydrogen-bond acceptors (Lipinski definition) is 3. The van der Waals surface area contributed by atoms with E-state index in [0.717, 1.165) is 0 Å². The lowest BCUT2D eigenvalue weighted by Crippen LogP contribution is -2.49. The van der Waals surface area contributed by atoms with Gasteiger partial charge < -0.3 is 15.2 Å². The SMILES string of the molecule is C=CCCC(=O)NC1COCC1(C)C(=O)O. The molecule has 5 heteroatoms. The predicted molar refractivity (Wildman–Crippen MR) is 57.9 cm³/mol. The Labute approximate surface area is 94.5 Å². The highest BCUT2D eigenvalue weighted by atomic mass is 16.5. The van der Waals surface area contributed by atoms with Gasteiger partial charge in [0.15, 0.2) is 0 Å². The van der Waals surface area contributed by atoms with Crippen LogP contribution in [0, 0.1) is 5.41 Å². The summed E-state index contributed by atoms with van der Waals surface area (Å²) in [5.74, 6) is -1.11. The highest BCUT2D eigenvalue weighted by Gasteiger charge is 2.47. The van der Waals surface area contributed by atoms with Crippen LogP contribution in [-0.2, 0) is 14.3 Å². The van der Waals surface area contributed by atoms with Gasteiger partial charge in [-0.05, 0) is 13.3 Å². The van der Waals surface area contributed by atoms with Crippen LogP contribution in [-0.4, -0.2) is 36.2 Å². The fourth-order valence-electron chi connectivity index (χ4n) is 1.58. The van der Waals surface area contributed by atoms with E-state index in [-0.39, 0.29) is 19.1 Å². The molecule has 2 atom stereocenters. The Kier molecular flexibility index (Phi) is 4.06. The van der Waals surface area contributed by atoms with Crippen molar-refractivity contribution in [2.45, 2.75) is 25.8 Å². The number of nitrogens with one attached hydrogen (secondary N) is 1. The molecule has 5 nitrogen and oxygen atoms in total. The third-order valence-electron chi connectivity index (χ3n) is 2.85. The summed E-state index contributed by atoms with van der Waals surface area (Å²) in [6, 6.07) is -0.456. The minimum atomic E-state index is -1.02. The van der Waals surface area contributed by atoms with Gasteiger partial charge in [-0.25, -0.2) is 0 Å². The molecular weight excluding hydrogens is 210 g/mol. The lowest BCUT2D eigenvalue weighted by atomic mass is 9.85. The van der Waals surface area contributed by atoms with Gasteiger partial charge in [0.2, 0.25) is 5.91 Å². The van der Waals surface area contributed by atoms with Crippen molar-refractivity contribution in [2.24, 2.45) is 5.41 Å².